The lowest BCUT2D eigenvalue weighted by Gasteiger charge is -2.34. The van der Waals surface area contributed by atoms with E-state index in [1.165, 1.54) is 6.42 Å². The molecule has 1 aliphatic heterocycles. The van der Waals surface area contributed by atoms with Crippen molar-refractivity contribution in [2.45, 2.75) is 38.1 Å². The van der Waals surface area contributed by atoms with Gasteiger partial charge in [0.2, 0.25) is 0 Å². The lowest BCUT2D eigenvalue weighted by Crippen LogP contribution is -2.38. The predicted octanol–water partition coefficient (Wildman–Crippen LogP) is 3.34. The van der Waals surface area contributed by atoms with Gasteiger partial charge in [-0.05, 0) is 32.3 Å². The van der Waals surface area contributed by atoms with Gasteiger partial charge in [0, 0.05) is 24.3 Å². The first kappa shape index (κ1) is 11.6. The molecule has 1 saturated heterocycles. The van der Waals surface area contributed by atoms with Gasteiger partial charge in [0.15, 0.2) is 11.6 Å². The van der Waals surface area contributed by atoms with Crippen molar-refractivity contribution in [1.29, 1.82) is 0 Å². The smallest absolute Gasteiger partial charge is 0.170 e. The van der Waals surface area contributed by atoms with Crippen molar-refractivity contribution in [3.05, 3.63) is 23.6 Å². The van der Waals surface area contributed by atoms with Crippen LogP contribution < -0.4 is 4.90 Å². The van der Waals surface area contributed by atoms with Crippen LogP contribution in [0, 0.1) is 5.82 Å². The first-order valence-corrected chi connectivity index (χ1v) is 6.23. The second-order valence-corrected chi connectivity index (χ2v) is 4.55. The molecule has 16 heavy (non-hydrogen) atoms. The number of piperidine rings is 1. The van der Waals surface area contributed by atoms with E-state index in [0.29, 0.717) is 17.4 Å². The van der Waals surface area contributed by atoms with Gasteiger partial charge in [-0.1, -0.05) is 0 Å². The van der Waals surface area contributed by atoms with Crippen LogP contribution in [-0.2, 0) is 5.88 Å². The highest BCUT2D eigenvalue weighted by atomic mass is 35.5. The zero-order valence-electron chi connectivity index (χ0n) is 9.42. The molecule has 0 radical (unpaired) electrons. The SMILES string of the molecule is CC1CCCCN1c1nccc(CCl)c1F. The highest BCUT2D eigenvalue weighted by molar-refractivity contribution is 6.17. The van der Waals surface area contributed by atoms with E-state index in [9.17, 15) is 4.39 Å². The van der Waals surface area contributed by atoms with Gasteiger partial charge in [-0.3, -0.25) is 0 Å². The maximum atomic E-state index is 14.0. The molecule has 0 saturated carbocycles. The van der Waals surface area contributed by atoms with Gasteiger partial charge in [0.05, 0.1) is 5.88 Å². The first-order chi connectivity index (χ1) is 7.74. The third-order valence-corrected chi connectivity index (χ3v) is 3.46. The molecule has 0 N–H and O–H groups in total. The number of alkyl halides is 1. The molecule has 0 aromatic carbocycles. The standard InChI is InChI=1S/C12H16ClFN2/c1-9-4-2-3-7-16(9)12-11(14)10(8-13)5-6-15-12/h5-6,9H,2-4,7-8H2,1H3. The van der Waals surface area contributed by atoms with Crippen LogP contribution in [-0.4, -0.2) is 17.6 Å². The fourth-order valence-corrected chi connectivity index (χ4v) is 2.39. The Balaban J connectivity index is 2.31. The monoisotopic (exact) mass is 242 g/mol. The Morgan fingerprint density at radius 1 is 1.56 bits per heavy atom. The lowest BCUT2D eigenvalue weighted by atomic mass is 10.0. The van der Waals surface area contributed by atoms with Crippen LogP contribution in [0.1, 0.15) is 31.7 Å². The van der Waals surface area contributed by atoms with E-state index < -0.39 is 0 Å². The molecule has 2 heterocycles. The Morgan fingerprint density at radius 3 is 3.06 bits per heavy atom. The van der Waals surface area contributed by atoms with Crippen LogP contribution in [0.4, 0.5) is 10.2 Å². The first-order valence-electron chi connectivity index (χ1n) is 5.70. The average Bonchev–Trinajstić information content (AvgIpc) is 2.31. The molecule has 1 atom stereocenters. The van der Waals surface area contributed by atoms with Crippen molar-refractivity contribution in [3.63, 3.8) is 0 Å². The topological polar surface area (TPSA) is 16.1 Å². The number of aromatic nitrogens is 1. The second-order valence-electron chi connectivity index (χ2n) is 4.28. The maximum Gasteiger partial charge on any atom is 0.170 e. The third-order valence-electron chi connectivity index (χ3n) is 3.17. The number of halogens is 2. The molecule has 1 aromatic heterocycles. The summed E-state index contributed by atoms with van der Waals surface area (Å²) >= 11 is 5.69. The van der Waals surface area contributed by atoms with Gasteiger partial charge >= 0.3 is 0 Å². The number of rotatable bonds is 2. The molecular formula is C12H16ClFN2. The molecule has 0 aliphatic carbocycles. The molecule has 1 aromatic rings. The summed E-state index contributed by atoms with van der Waals surface area (Å²) in [7, 11) is 0. The summed E-state index contributed by atoms with van der Waals surface area (Å²) in [4.78, 5) is 6.20. The molecule has 1 aliphatic rings. The van der Waals surface area contributed by atoms with Crippen LogP contribution in [0.25, 0.3) is 0 Å². The number of hydrogen-bond donors (Lipinski definition) is 0. The van der Waals surface area contributed by atoms with Gasteiger partial charge in [0.25, 0.3) is 0 Å². The van der Waals surface area contributed by atoms with E-state index in [0.717, 1.165) is 19.4 Å². The second kappa shape index (κ2) is 5.00. The Hall–Kier alpha value is -0.830. The van der Waals surface area contributed by atoms with E-state index in [-0.39, 0.29) is 11.7 Å². The highest BCUT2D eigenvalue weighted by Crippen LogP contribution is 2.27. The van der Waals surface area contributed by atoms with Gasteiger partial charge in [-0.25, -0.2) is 9.37 Å². The zero-order valence-corrected chi connectivity index (χ0v) is 10.2. The minimum Gasteiger partial charge on any atom is -0.351 e. The Labute approximate surface area is 100 Å². The summed E-state index contributed by atoms with van der Waals surface area (Å²) in [6, 6.07) is 2.00. The molecule has 4 heteroatoms. The van der Waals surface area contributed by atoms with Gasteiger partial charge < -0.3 is 4.90 Å². The Morgan fingerprint density at radius 2 is 2.38 bits per heavy atom. The van der Waals surface area contributed by atoms with Crippen molar-refractivity contribution in [1.82, 2.24) is 4.98 Å². The van der Waals surface area contributed by atoms with Crippen molar-refractivity contribution in [2.24, 2.45) is 0 Å². The summed E-state index contributed by atoms with van der Waals surface area (Å²) in [6.45, 7) is 3.00. The molecular weight excluding hydrogens is 227 g/mol. The molecule has 2 rings (SSSR count). The van der Waals surface area contributed by atoms with Crippen LogP contribution in [0.15, 0.2) is 12.3 Å². The van der Waals surface area contributed by atoms with Crippen LogP contribution in [0.3, 0.4) is 0 Å². The fourth-order valence-electron chi connectivity index (χ4n) is 2.19. The summed E-state index contributed by atoms with van der Waals surface area (Å²) < 4.78 is 14.0. The average molecular weight is 243 g/mol. The van der Waals surface area contributed by atoms with Crippen molar-refractivity contribution >= 4 is 17.4 Å². The van der Waals surface area contributed by atoms with E-state index in [4.69, 9.17) is 11.6 Å². The molecule has 1 fully saturated rings. The van der Waals surface area contributed by atoms with Crippen LogP contribution in [0.5, 0.6) is 0 Å². The predicted molar refractivity (Wildman–Crippen MR) is 64.4 cm³/mol. The molecule has 2 nitrogen and oxygen atoms in total. The van der Waals surface area contributed by atoms with Crippen molar-refractivity contribution in [3.8, 4) is 0 Å². The zero-order chi connectivity index (χ0) is 11.5. The van der Waals surface area contributed by atoms with E-state index >= 15 is 0 Å². The number of anilines is 1. The summed E-state index contributed by atoms with van der Waals surface area (Å²) in [5, 5.41) is 0. The minimum atomic E-state index is -0.258. The van der Waals surface area contributed by atoms with E-state index in [1.54, 1.807) is 12.3 Å². The van der Waals surface area contributed by atoms with Crippen LogP contribution >= 0.6 is 11.6 Å². The molecule has 88 valence electrons. The maximum absolute atomic E-state index is 14.0. The van der Waals surface area contributed by atoms with Gasteiger partial charge in [-0.15, -0.1) is 11.6 Å². The summed E-state index contributed by atoms with van der Waals surface area (Å²) in [5.41, 5.74) is 0.532. The Bertz CT molecular complexity index is 370. The van der Waals surface area contributed by atoms with Crippen molar-refractivity contribution < 1.29 is 4.39 Å². The molecule has 0 spiro atoms. The van der Waals surface area contributed by atoms with Crippen LogP contribution in [0.2, 0.25) is 0 Å². The van der Waals surface area contributed by atoms with E-state index in [1.807, 2.05) is 0 Å². The Kier molecular flexibility index (Phi) is 3.64. The largest absolute Gasteiger partial charge is 0.351 e. The fraction of sp³-hybridized carbons (Fsp3) is 0.583. The van der Waals surface area contributed by atoms with Gasteiger partial charge in [0.1, 0.15) is 0 Å². The molecule has 0 bridgehead atoms. The quantitative estimate of drug-likeness (QED) is 0.740. The van der Waals surface area contributed by atoms with Crippen molar-refractivity contribution in [2.75, 3.05) is 11.4 Å². The third kappa shape index (κ3) is 2.14. The normalized spacial score (nSPS) is 21.2. The molecule has 0 amide bonds. The number of pyridine rings is 1. The highest BCUT2D eigenvalue weighted by Gasteiger charge is 2.23. The minimum absolute atomic E-state index is 0.198. The number of nitrogens with zero attached hydrogens (tertiary/aromatic N) is 2. The lowest BCUT2D eigenvalue weighted by molar-refractivity contribution is 0.470. The summed E-state index contributed by atoms with van der Waals surface area (Å²) in [5.74, 6) is 0.403. The van der Waals surface area contributed by atoms with Gasteiger partial charge in [-0.2, -0.15) is 0 Å². The van der Waals surface area contributed by atoms with E-state index in [2.05, 4.69) is 16.8 Å². The summed E-state index contributed by atoms with van der Waals surface area (Å²) in [6.07, 6.45) is 5.06. The number of hydrogen-bond acceptors (Lipinski definition) is 2. The molecule has 1 unspecified atom stereocenters.